The van der Waals surface area contributed by atoms with E-state index in [1.165, 1.54) is 31.4 Å². The Balaban J connectivity index is 1.86. The number of carbonyl (C=O) groups excluding carboxylic acids is 5. The van der Waals surface area contributed by atoms with Gasteiger partial charge in [0.25, 0.3) is 0 Å². The van der Waals surface area contributed by atoms with Crippen molar-refractivity contribution < 1.29 is 38.6 Å². The van der Waals surface area contributed by atoms with Gasteiger partial charge in [-0.15, -0.1) is 0 Å². The quantitative estimate of drug-likeness (QED) is 0.419. The van der Waals surface area contributed by atoms with Crippen LogP contribution in [0.5, 0.6) is 5.75 Å². The van der Waals surface area contributed by atoms with Crippen molar-refractivity contribution in [1.82, 2.24) is 14.9 Å². The second-order valence-corrected chi connectivity index (χ2v) is 9.35. The van der Waals surface area contributed by atoms with Gasteiger partial charge in [-0.25, -0.2) is 9.37 Å². The minimum atomic E-state index is -2.85. The Hall–Kier alpha value is -3.77. The molecule has 0 aliphatic heterocycles. The zero-order chi connectivity index (χ0) is 26.5. The predicted octanol–water partition coefficient (Wildman–Crippen LogP) is -0.0696. The Morgan fingerprint density at radius 3 is 2.56 bits per heavy atom. The van der Waals surface area contributed by atoms with E-state index in [0.29, 0.717) is 0 Å². The van der Waals surface area contributed by atoms with E-state index in [-0.39, 0.29) is 36.2 Å². The molecule has 1 fully saturated rings. The highest BCUT2D eigenvalue weighted by atomic mass is 19.1. The van der Waals surface area contributed by atoms with Crippen LogP contribution in [-0.2, 0) is 25.6 Å². The lowest BCUT2D eigenvalue weighted by Crippen LogP contribution is -2.70. The van der Waals surface area contributed by atoms with Crippen molar-refractivity contribution in [2.24, 2.45) is 17.6 Å². The van der Waals surface area contributed by atoms with Crippen LogP contribution in [0.4, 0.5) is 4.39 Å². The third kappa shape index (κ3) is 3.73. The number of amides is 1. The Labute approximate surface area is 204 Å². The summed E-state index contributed by atoms with van der Waals surface area (Å²) in [5.41, 5.74) is 1.76. The van der Waals surface area contributed by atoms with Crippen LogP contribution >= 0.6 is 0 Å². The number of ketones is 4. The molecule has 2 aliphatic carbocycles. The number of primary amides is 1. The first kappa shape index (κ1) is 25.3. The SMILES string of the molecule is CN(C)C1C(=O)C(C(N)=O)C(=O)C2(O)C(=O)CC(=O)c3c(O)cc(-c4ncc[nH]4)c(F)c3CCCC12. The monoisotopic (exact) mass is 500 g/mol. The minimum absolute atomic E-state index is 0.0324. The number of rotatable bonds is 3. The summed E-state index contributed by atoms with van der Waals surface area (Å²) >= 11 is 0. The predicted molar refractivity (Wildman–Crippen MR) is 121 cm³/mol. The zero-order valence-corrected chi connectivity index (χ0v) is 19.6. The van der Waals surface area contributed by atoms with Gasteiger partial charge < -0.3 is 20.9 Å². The van der Waals surface area contributed by atoms with Gasteiger partial charge in [0.05, 0.1) is 23.6 Å². The van der Waals surface area contributed by atoms with Crippen molar-refractivity contribution in [3.63, 3.8) is 0 Å². The normalized spacial score (nSPS) is 27.1. The molecule has 1 amide bonds. The van der Waals surface area contributed by atoms with Gasteiger partial charge in [0.15, 0.2) is 34.7 Å². The number of aromatic amines is 1. The summed E-state index contributed by atoms with van der Waals surface area (Å²) < 4.78 is 15.6. The smallest absolute Gasteiger partial charge is 0.235 e. The fourth-order valence-electron chi connectivity index (χ4n) is 5.42. The fourth-order valence-corrected chi connectivity index (χ4v) is 5.42. The molecule has 1 aromatic heterocycles. The summed E-state index contributed by atoms with van der Waals surface area (Å²) in [4.78, 5) is 72.8. The molecule has 11 nitrogen and oxygen atoms in total. The van der Waals surface area contributed by atoms with Crippen molar-refractivity contribution in [2.75, 3.05) is 14.1 Å². The number of nitrogens with zero attached hydrogens (tertiary/aromatic N) is 2. The fraction of sp³-hybridized carbons (Fsp3) is 0.417. The number of H-pyrrole nitrogens is 1. The number of aromatic nitrogens is 2. The highest BCUT2D eigenvalue weighted by Crippen LogP contribution is 2.42. The summed E-state index contributed by atoms with van der Waals surface area (Å²) in [6.07, 6.45) is 1.59. The van der Waals surface area contributed by atoms with Crippen LogP contribution in [0, 0.1) is 17.7 Å². The number of fused-ring (bicyclic) bond motifs is 2. The van der Waals surface area contributed by atoms with Gasteiger partial charge >= 0.3 is 0 Å². The molecule has 0 radical (unpaired) electrons. The lowest BCUT2D eigenvalue weighted by Gasteiger charge is -2.46. The van der Waals surface area contributed by atoms with Crippen LogP contribution in [0.15, 0.2) is 18.5 Å². The Kier molecular flexibility index (Phi) is 6.35. The van der Waals surface area contributed by atoms with Crippen LogP contribution in [0.2, 0.25) is 0 Å². The zero-order valence-electron chi connectivity index (χ0n) is 19.6. The molecule has 0 saturated heterocycles. The number of hydrogen-bond donors (Lipinski definition) is 4. The first-order valence-corrected chi connectivity index (χ1v) is 11.3. The van der Waals surface area contributed by atoms with E-state index in [2.05, 4.69) is 9.97 Å². The maximum absolute atomic E-state index is 15.6. The van der Waals surface area contributed by atoms with E-state index in [4.69, 9.17) is 5.73 Å². The first-order chi connectivity index (χ1) is 16.9. The molecule has 12 heteroatoms. The van der Waals surface area contributed by atoms with Crippen LogP contribution in [0.25, 0.3) is 11.4 Å². The van der Waals surface area contributed by atoms with Crippen LogP contribution in [-0.4, -0.2) is 79.9 Å². The van der Waals surface area contributed by atoms with Crippen molar-refractivity contribution in [2.45, 2.75) is 37.3 Å². The molecule has 0 bridgehead atoms. The standard InChI is InChI=1S/C24H25FN4O7/c1-29(2)19-12-5-3-4-10-16(13(30)8-11(18(10)25)23-27-6-7-28-23)14(31)9-15(32)24(12,36)21(34)17(20(19)33)22(26)35/h6-8,12,17,19,30,36H,3-5,9H2,1-2H3,(H2,26,35)(H,27,28). The number of imidazole rings is 1. The largest absolute Gasteiger partial charge is 0.507 e. The summed E-state index contributed by atoms with van der Waals surface area (Å²) in [5.74, 6) is -10.5. The number of nitrogens with one attached hydrogen (secondary N) is 1. The summed E-state index contributed by atoms with van der Waals surface area (Å²) in [5, 5.41) is 22.1. The van der Waals surface area contributed by atoms with Crippen molar-refractivity contribution in [3.8, 4) is 17.1 Å². The topological polar surface area (TPSA) is 184 Å². The molecule has 36 heavy (non-hydrogen) atoms. The molecule has 2 aliphatic rings. The van der Waals surface area contributed by atoms with Gasteiger partial charge in [-0.05, 0) is 39.4 Å². The van der Waals surface area contributed by atoms with Crippen molar-refractivity contribution in [3.05, 3.63) is 35.4 Å². The Morgan fingerprint density at radius 2 is 1.97 bits per heavy atom. The molecular formula is C24H25FN4O7. The minimum Gasteiger partial charge on any atom is -0.507 e. The number of hydrogen-bond acceptors (Lipinski definition) is 9. The summed E-state index contributed by atoms with van der Waals surface area (Å²) in [7, 11) is 2.96. The molecule has 5 N–H and O–H groups in total. The molecule has 1 heterocycles. The molecular weight excluding hydrogens is 475 g/mol. The average molecular weight is 500 g/mol. The van der Waals surface area contributed by atoms with Gasteiger partial charge in [0.2, 0.25) is 5.91 Å². The highest BCUT2D eigenvalue weighted by molar-refractivity contribution is 6.31. The lowest BCUT2D eigenvalue weighted by atomic mass is 9.61. The molecule has 4 unspecified atom stereocenters. The maximum Gasteiger partial charge on any atom is 0.235 e. The number of aliphatic hydroxyl groups is 1. The van der Waals surface area contributed by atoms with Gasteiger partial charge in [0.1, 0.15) is 17.4 Å². The first-order valence-electron chi connectivity index (χ1n) is 11.3. The molecule has 0 spiro atoms. The maximum atomic E-state index is 15.6. The van der Waals surface area contributed by atoms with Gasteiger partial charge in [-0.1, -0.05) is 0 Å². The van der Waals surface area contributed by atoms with Gasteiger partial charge in [-0.3, -0.25) is 28.9 Å². The van der Waals surface area contributed by atoms with Crippen molar-refractivity contribution in [1.29, 1.82) is 0 Å². The van der Waals surface area contributed by atoms with Crippen molar-refractivity contribution >= 4 is 29.0 Å². The van der Waals surface area contributed by atoms with E-state index in [1.807, 2.05) is 0 Å². The van der Waals surface area contributed by atoms with E-state index in [0.717, 1.165) is 6.07 Å². The molecule has 190 valence electrons. The Morgan fingerprint density at radius 1 is 1.28 bits per heavy atom. The summed E-state index contributed by atoms with van der Waals surface area (Å²) in [6, 6.07) is -0.232. The molecule has 4 atom stereocenters. The number of aromatic hydroxyl groups is 1. The third-order valence-corrected chi connectivity index (χ3v) is 7.03. The molecule has 1 saturated carbocycles. The number of nitrogens with two attached hydrogens (primary N) is 1. The number of halogens is 1. The summed E-state index contributed by atoms with van der Waals surface area (Å²) in [6.45, 7) is 0. The van der Waals surface area contributed by atoms with Gasteiger partial charge in [0, 0.05) is 23.9 Å². The average Bonchev–Trinajstić information content (AvgIpc) is 3.32. The Bertz CT molecular complexity index is 1290. The molecule has 2 aromatic rings. The molecule has 1 aromatic carbocycles. The van der Waals surface area contributed by atoms with E-state index >= 15 is 4.39 Å². The van der Waals surface area contributed by atoms with Crippen LogP contribution in [0.3, 0.4) is 0 Å². The number of likely N-dealkylation sites (N-methyl/N-ethyl adjacent to an activating group) is 1. The highest BCUT2D eigenvalue weighted by Gasteiger charge is 2.63. The van der Waals surface area contributed by atoms with E-state index < -0.39 is 76.1 Å². The van der Waals surface area contributed by atoms with Crippen LogP contribution in [0.1, 0.15) is 35.2 Å². The second kappa shape index (κ2) is 9.03. The molecule has 4 rings (SSSR count). The van der Waals surface area contributed by atoms with Crippen LogP contribution < -0.4 is 5.73 Å². The number of carbonyl (C=O) groups is 5. The van der Waals surface area contributed by atoms with Gasteiger partial charge in [-0.2, -0.15) is 0 Å². The van der Waals surface area contributed by atoms with E-state index in [1.54, 1.807) is 0 Å². The lowest BCUT2D eigenvalue weighted by molar-refractivity contribution is -0.173. The third-order valence-electron chi connectivity index (χ3n) is 7.03. The number of benzene rings is 1. The number of phenols is 1. The second-order valence-electron chi connectivity index (χ2n) is 9.35. The number of phenolic OH excluding ortho intramolecular Hbond substituents is 1. The number of Topliss-reactive ketones (excluding diaryl/α,β-unsaturated/α-hetero) is 4. The van der Waals surface area contributed by atoms with E-state index in [9.17, 15) is 34.2 Å².